The van der Waals surface area contributed by atoms with Crippen LogP contribution < -0.4 is 10.6 Å². The summed E-state index contributed by atoms with van der Waals surface area (Å²) in [5.41, 5.74) is 0. The average Bonchev–Trinajstić information content (AvgIpc) is 2.47. The second-order valence-electron chi connectivity index (χ2n) is 5.25. The molecular formula is C13H21N3O5. The number of hydrogen-bond acceptors (Lipinski definition) is 5. The third-order valence-electron chi connectivity index (χ3n) is 3.75. The second kappa shape index (κ2) is 7.37. The fourth-order valence-corrected chi connectivity index (χ4v) is 2.62. The molecular weight excluding hydrogens is 278 g/mol. The van der Waals surface area contributed by atoms with Crippen molar-refractivity contribution in [3.63, 3.8) is 0 Å². The predicted molar refractivity (Wildman–Crippen MR) is 72.6 cm³/mol. The van der Waals surface area contributed by atoms with Crippen LogP contribution in [0.2, 0.25) is 0 Å². The Morgan fingerprint density at radius 1 is 1.29 bits per heavy atom. The Morgan fingerprint density at radius 2 is 2.00 bits per heavy atom. The predicted octanol–water partition coefficient (Wildman–Crippen LogP) is -1.44. The highest BCUT2D eigenvalue weighted by atomic mass is 16.5. The number of carboxylic acids is 1. The van der Waals surface area contributed by atoms with Gasteiger partial charge in [-0.05, 0) is 25.9 Å². The minimum absolute atomic E-state index is 0.0479. The highest BCUT2D eigenvalue weighted by molar-refractivity contribution is 5.91. The molecule has 0 aliphatic carbocycles. The number of piperidine rings is 1. The molecule has 0 bridgehead atoms. The summed E-state index contributed by atoms with van der Waals surface area (Å²) in [6.07, 6.45) is 1.37. The zero-order valence-electron chi connectivity index (χ0n) is 11.8. The van der Waals surface area contributed by atoms with Crippen LogP contribution >= 0.6 is 0 Å². The number of aliphatic carboxylic acids is 1. The largest absolute Gasteiger partial charge is 0.481 e. The van der Waals surface area contributed by atoms with Crippen LogP contribution in [0.15, 0.2) is 0 Å². The van der Waals surface area contributed by atoms with Gasteiger partial charge in [0.1, 0.15) is 12.6 Å². The van der Waals surface area contributed by atoms with E-state index in [4.69, 9.17) is 9.84 Å². The summed E-state index contributed by atoms with van der Waals surface area (Å²) in [4.78, 5) is 36.1. The van der Waals surface area contributed by atoms with Crippen LogP contribution in [-0.4, -0.2) is 72.7 Å². The van der Waals surface area contributed by atoms with E-state index in [2.05, 4.69) is 10.6 Å². The number of hydrogen-bond donors (Lipinski definition) is 3. The molecule has 2 rings (SSSR count). The number of carbonyl (C=O) groups is 3. The van der Waals surface area contributed by atoms with Crippen LogP contribution in [0.25, 0.3) is 0 Å². The molecule has 2 saturated heterocycles. The summed E-state index contributed by atoms with van der Waals surface area (Å²) in [5.74, 6) is -1.84. The number of piperazine rings is 1. The van der Waals surface area contributed by atoms with Gasteiger partial charge in [0.2, 0.25) is 11.8 Å². The Morgan fingerprint density at radius 3 is 2.67 bits per heavy atom. The van der Waals surface area contributed by atoms with E-state index in [1.165, 1.54) is 4.90 Å². The number of nitrogens with one attached hydrogen (secondary N) is 2. The fraction of sp³-hybridized carbons (Fsp3) is 0.769. The quantitative estimate of drug-likeness (QED) is 0.573. The van der Waals surface area contributed by atoms with Crippen LogP contribution in [-0.2, 0) is 19.1 Å². The minimum Gasteiger partial charge on any atom is -0.481 e. The molecule has 1 atom stereocenters. The van der Waals surface area contributed by atoms with Gasteiger partial charge in [-0.25, -0.2) is 0 Å². The molecule has 1 unspecified atom stereocenters. The van der Waals surface area contributed by atoms with E-state index in [0.717, 1.165) is 25.9 Å². The molecule has 21 heavy (non-hydrogen) atoms. The lowest BCUT2D eigenvalue weighted by molar-refractivity contribution is -0.152. The Kier molecular flexibility index (Phi) is 5.51. The van der Waals surface area contributed by atoms with Crippen molar-refractivity contribution >= 4 is 17.8 Å². The van der Waals surface area contributed by atoms with Crippen molar-refractivity contribution in [1.82, 2.24) is 15.5 Å². The van der Waals surface area contributed by atoms with Gasteiger partial charge in [-0.3, -0.25) is 14.4 Å². The molecule has 2 aliphatic rings. The zero-order chi connectivity index (χ0) is 15.2. The lowest BCUT2D eigenvalue weighted by Gasteiger charge is -2.34. The standard InChI is InChI=1S/C13H21N3O5/c17-11(8-21-9-1-3-14-4-2-9)16-6-5-15-13(20)10(16)7-12(18)19/h9-10,14H,1-8H2,(H,15,20)(H,18,19). The van der Waals surface area contributed by atoms with Crippen molar-refractivity contribution in [1.29, 1.82) is 0 Å². The monoisotopic (exact) mass is 299 g/mol. The van der Waals surface area contributed by atoms with Gasteiger partial charge in [0.25, 0.3) is 0 Å². The number of carbonyl (C=O) groups excluding carboxylic acids is 2. The zero-order valence-corrected chi connectivity index (χ0v) is 11.8. The number of carboxylic acid groups (broad SMARTS) is 1. The highest BCUT2D eigenvalue weighted by Gasteiger charge is 2.34. The van der Waals surface area contributed by atoms with E-state index in [1.54, 1.807) is 0 Å². The molecule has 0 aromatic rings. The summed E-state index contributed by atoms with van der Waals surface area (Å²) in [6.45, 7) is 2.29. The van der Waals surface area contributed by atoms with Gasteiger partial charge >= 0.3 is 5.97 Å². The van der Waals surface area contributed by atoms with Gasteiger partial charge in [0.15, 0.2) is 0 Å². The lowest BCUT2D eigenvalue weighted by Crippen LogP contribution is -2.58. The maximum absolute atomic E-state index is 12.2. The molecule has 0 aromatic heterocycles. The fourth-order valence-electron chi connectivity index (χ4n) is 2.62. The highest BCUT2D eigenvalue weighted by Crippen LogP contribution is 2.12. The van der Waals surface area contributed by atoms with Crippen molar-refractivity contribution in [2.24, 2.45) is 0 Å². The molecule has 0 spiro atoms. The van der Waals surface area contributed by atoms with Gasteiger partial charge in [-0.2, -0.15) is 0 Å². The Labute approximate surface area is 122 Å². The first-order valence-electron chi connectivity index (χ1n) is 7.19. The molecule has 2 amide bonds. The first-order valence-corrected chi connectivity index (χ1v) is 7.19. The summed E-state index contributed by atoms with van der Waals surface area (Å²) in [6, 6.07) is -0.944. The van der Waals surface area contributed by atoms with Crippen LogP contribution in [0.1, 0.15) is 19.3 Å². The third-order valence-corrected chi connectivity index (χ3v) is 3.75. The molecule has 0 aromatic carbocycles. The van der Waals surface area contributed by atoms with Crippen molar-refractivity contribution in [2.45, 2.75) is 31.4 Å². The number of amides is 2. The van der Waals surface area contributed by atoms with E-state index in [-0.39, 0.29) is 25.0 Å². The molecule has 2 heterocycles. The van der Waals surface area contributed by atoms with E-state index < -0.39 is 17.9 Å². The molecule has 3 N–H and O–H groups in total. The molecule has 8 heteroatoms. The first kappa shape index (κ1) is 15.7. The summed E-state index contributed by atoms with van der Waals surface area (Å²) in [7, 11) is 0. The molecule has 8 nitrogen and oxygen atoms in total. The van der Waals surface area contributed by atoms with Gasteiger partial charge in [0, 0.05) is 13.1 Å². The van der Waals surface area contributed by atoms with E-state index in [1.807, 2.05) is 0 Å². The van der Waals surface area contributed by atoms with Crippen LogP contribution in [0.5, 0.6) is 0 Å². The summed E-state index contributed by atoms with van der Waals surface area (Å²) in [5, 5.41) is 14.6. The minimum atomic E-state index is -1.10. The van der Waals surface area contributed by atoms with E-state index in [9.17, 15) is 14.4 Å². The van der Waals surface area contributed by atoms with E-state index >= 15 is 0 Å². The van der Waals surface area contributed by atoms with Crippen molar-refractivity contribution in [3.05, 3.63) is 0 Å². The van der Waals surface area contributed by atoms with Crippen molar-refractivity contribution in [3.8, 4) is 0 Å². The SMILES string of the molecule is O=C(O)CC1C(=O)NCCN1C(=O)COC1CCNCC1. The van der Waals surface area contributed by atoms with Crippen LogP contribution in [0.4, 0.5) is 0 Å². The number of rotatable bonds is 5. The smallest absolute Gasteiger partial charge is 0.305 e. The summed E-state index contributed by atoms with van der Waals surface area (Å²) < 4.78 is 5.58. The third kappa shape index (κ3) is 4.40. The van der Waals surface area contributed by atoms with Crippen LogP contribution in [0, 0.1) is 0 Å². The Balaban J connectivity index is 1.88. The van der Waals surface area contributed by atoms with Crippen LogP contribution in [0.3, 0.4) is 0 Å². The maximum Gasteiger partial charge on any atom is 0.305 e. The van der Waals surface area contributed by atoms with Gasteiger partial charge < -0.3 is 25.4 Å². The van der Waals surface area contributed by atoms with Gasteiger partial charge in [-0.1, -0.05) is 0 Å². The topological polar surface area (TPSA) is 108 Å². The molecule has 0 saturated carbocycles. The van der Waals surface area contributed by atoms with Crippen molar-refractivity contribution < 1.29 is 24.2 Å². The molecule has 118 valence electrons. The van der Waals surface area contributed by atoms with Crippen molar-refractivity contribution in [2.75, 3.05) is 32.8 Å². The van der Waals surface area contributed by atoms with Gasteiger partial charge in [0.05, 0.1) is 12.5 Å². The lowest BCUT2D eigenvalue weighted by atomic mass is 10.1. The second-order valence-corrected chi connectivity index (χ2v) is 5.25. The first-order chi connectivity index (χ1) is 10.1. The number of ether oxygens (including phenoxy) is 1. The maximum atomic E-state index is 12.2. The van der Waals surface area contributed by atoms with E-state index in [0.29, 0.717) is 13.1 Å². The Bertz CT molecular complexity index is 409. The summed E-state index contributed by atoms with van der Waals surface area (Å²) >= 11 is 0. The normalized spacial score (nSPS) is 23.7. The Hall–Kier alpha value is -1.67. The average molecular weight is 299 g/mol. The molecule has 2 fully saturated rings. The number of nitrogens with zero attached hydrogens (tertiary/aromatic N) is 1. The van der Waals surface area contributed by atoms with Gasteiger partial charge in [-0.15, -0.1) is 0 Å². The molecule has 0 radical (unpaired) electrons. The molecule has 2 aliphatic heterocycles.